The lowest BCUT2D eigenvalue weighted by molar-refractivity contribution is 0.0772. The number of aryl methyl sites for hydroxylation is 1. The van der Waals surface area contributed by atoms with Gasteiger partial charge >= 0.3 is 0 Å². The smallest absolute Gasteiger partial charge is 0.255 e. The number of aliphatic hydroxyl groups is 1. The molecule has 106 valence electrons. The monoisotopic (exact) mass is 289 g/mol. The molecule has 1 saturated heterocycles. The second-order valence-corrected chi connectivity index (χ2v) is 5.95. The number of aliphatic hydroxyl groups excluding tert-OH is 1. The molecule has 0 bridgehead atoms. The summed E-state index contributed by atoms with van der Waals surface area (Å²) in [5.41, 5.74) is 2.50. The Bertz CT molecular complexity index is 539. The summed E-state index contributed by atoms with van der Waals surface area (Å²) in [5.74, 6) is 7.97. The Balaban J connectivity index is 2.26. The van der Waals surface area contributed by atoms with Crippen molar-refractivity contribution in [3.05, 3.63) is 34.9 Å². The maximum absolute atomic E-state index is 12.6. The molecule has 0 unspecified atom stereocenters. The van der Waals surface area contributed by atoms with E-state index in [1.807, 2.05) is 41.8 Å². The van der Waals surface area contributed by atoms with Crippen molar-refractivity contribution in [1.29, 1.82) is 0 Å². The number of benzene rings is 1. The summed E-state index contributed by atoms with van der Waals surface area (Å²) < 4.78 is 0. The van der Waals surface area contributed by atoms with E-state index >= 15 is 0 Å². The van der Waals surface area contributed by atoms with Crippen LogP contribution in [-0.2, 0) is 0 Å². The Morgan fingerprint density at radius 3 is 2.85 bits per heavy atom. The summed E-state index contributed by atoms with van der Waals surface area (Å²) in [6.07, 6.45) is 0.432. The first kappa shape index (κ1) is 15.0. The van der Waals surface area contributed by atoms with Gasteiger partial charge in [0.25, 0.3) is 5.91 Å². The van der Waals surface area contributed by atoms with Gasteiger partial charge in [-0.25, -0.2) is 0 Å². The molecule has 1 aromatic carbocycles. The number of carbonyl (C=O) groups excluding carboxylic acids is 1. The first-order valence-corrected chi connectivity index (χ1v) is 7.95. The van der Waals surface area contributed by atoms with E-state index in [2.05, 4.69) is 11.8 Å². The molecule has 1 aromatic rings. The van der Waals surface area contributed by atoms with Crippen LogP contribution < -0.4 is 0 Å². The zero-order valence-corrected chi connectivity index (χ0v) is 12.5. The van der Waals surface area contributed by atoms with Crippen molar-refractivity contribution in [3.63, 3.8) is 0 Å². The summed E-state index contributed by atoms with van der Waals surface area (Å²) in [6.45, 7) is 3.64. The third-order valence-corrected chi connectivity index (χ3v) is 4.11. The quantitative estimate of drug-likeness (QED) is 0.846. The van der Waals surface area contributed by atoms with Gasteiger partial charge in [-0.05, 0) is 19.1 Å². The zero-order chi connectivity index (χ0) is 14.4. The van der Waals surface area contributed by atoms with Crippen LogP contribution in [0.5, 0.6) is 0 Å². The minimum Gasteiger partial charge on any atom is -0.395 e. The Morgan fingerprint density at radius 2 is 2.15 bits per heavy atom. The van der Waals surface area contributed by atoms with Gasteiger partial charge in [0.05, 0.1) is 12.2 Å². The molecular formula is C16H19NO2S. The third-order valence-electron chi connectivity index (χ3n) is 3.16. The molecule has 1 amide bonds. The number of hydrogen-bond acceptors (Lipinski definition) is 3. The Kier molecular flexibility index (Phi) is 5.51. The SMILES string of the molecule is Cc1ccc(C#CCCO)c(C(=O)N2CCSCC2)c1. The normalized spacial score (nSPS) is 14.6. The van der Waals surface area contributed by atoms with Gasteiger partial charge in [-0.1, -0.05) is 23.5 Å². The average molecular weight is 289 g/mol. The van der Waals surface area contributed by atoms with E-state index in [0.29, 0.717) is 12.0 Å². The molecule has 1 aliphatic heterocycles. The molecule has 1 heterocycles. The van der Waals surface area contributed by atoms with Crippen molar-refractivity contribution >= 4 is 17.7 Å². The van der Waals surface area contributed by atoms with Crippen molar-refractivity contribution in [2.45, 2.75) is 13.3 Å². The number of nitrogens with zero attached hydrogens (tertiary/aromatic N) is 1. The highest BCUT2D eigenvalue weighted by Crippen LogP contribution is 2.17. The topological polar surface area (TPSA) is 40.5 Å². The standard InChI is InChI=1S/C16H19NO2S/c1-13-5-6-14(4-2-3-9-18)15(12-13)16(19)17-7-10-20-11-8-17/h5-6,12,18H,3,7-11H2,1H3. The van der Waals surface area contributed by atoms with Gasteiger partial charge in [-0.2, -0.15) is 11.8 Å². The van der Waals surface area contributed by atoms with Gasteiger partial charge in [0.15, 0.2) is 0 Å². The van der Waals surface area contributed by atoms with Gasteiger partial charge < -0.3 is 10.0 Å². The molecule has 0 atom stereocenters. The molecule has 3 nitrogen and oxygen atoms in total. The van der Waals surface area contributed by atoms with Crippen molar-refractivity contribution in [2.24, 2.45) is 0 Å². The maximum Gasteiger partial charge on any atom is 0.255 e. The maximum atomic E-state index is 12.6. The van der Waals surface area contributed by atoms with Gasteiger partial charge in [0, 0.05) is 36.6 Å². The van der Waals surface area contributed by atoms with Crippen molar-refractivity contribution in [1.82, 2.24) is 4.90 Å². The van der Waals surface area contributed by atoms with Crippen LogP contribution in [0.1, 0.15) is 27.9 Å². The number of amides is 1. The van der Waals surface area contributed by atoms with Gasteiger partial charge in [0.1, 0.15) is 0 Å². The molecule has 0 aromatic heterocycles. The molecule has 0 radical (unpaired) electrons. The van der Waals surface area contributed by atoms with E-state index in [4.69, 9.17) is 5.11 Å². The van der Waals surface area contributed by atoms with E-state index in [1.165, 1.54) is 0 Å². The molecule has 1 fully saturated rings. The highest BCUT2D eigenvalue weighted by molar-refractivity contribution is 7.99. The highest BCUT2D eigenvalue weighted by atomic mass is 32.2. The summed E-state index contributed by atoms with van der Waals surface area (Å²) in [6, 6.07) is 5.77. The number of thioether (sulfide) groups is 1. The fraction of sp³-hybridized carbons (Fsp3) is 0.438. The van der Waals surface area contributed by atoms with Crippen LogP contribution >= 0.6 is 11.8 Å². The Labute approximate surface area is 124 Å². The van der Waals surface area contributed by atoms with Crippen LogP contribution in [0, 0.1) is 18.8 Å². The fourth-order valence-electron chi connectivity index (χ4n) is 2.09. The summed E-state index contributed by atoms with van der Waals surface area (Å²) in [5, 5.41) is 8.79. The molecule has 1 aliphatic rings. The molecule has 1 N–H and O–H groups in total. The van der Waals surface area contributed by atoms with Crippen LogP contribution in [0.2, 0.25) is 0 Å². The largest absolute Gasteiger partial charge is 0.395 e. The first-order valence-electron chi connectivity index (χ1n) is 6.80. The second kappa shape index (κ2) is 7.37. The molecule has 2 rings (SSSR count). The minimum absolute atomic E-state index is 0.0471. The van der Waals surface area contributed by atoms with Crippen LogP contribution in [0.3, 0.4) is 0 Å². The van der Waals surface area contributed by atoms with Crippen LogP contribution in [0.4, 0.5) is 0 Å². The molecule has 4 heteroatoms. The predicted octanol–water partition coefficient (Wildman–Crippen LogP) is 1.92. The zero-order valence-electron chi connectivity index (χ0n) is 11.7. The lowest BCUT2D eigenvalue weighted by atomic mass is 10.0. The van der Waals surface area contributed by atoms with Gasteiger partial charge in [0.2, 0.25) is 0 Å². The summed E-state index contributed by atoms with van der Waals surface area (Å²) >= 11 is 1.89. The van der Waals surface area contributed by atoms with Crippen LogP contribution in [0.25, 0.3) is 0 Å². The number of rotatable bonds is 2. The van der Waals surface area contributed by atoms with E-state index in [1.54, 1.807) is 0 Å². The van der Waals surface area contributed by atoms with Crippen molar-refractivity contribution < 1.29 is 9.90 Å². The van der Waals surface area contributed by atoms with Gasteiger partial charge in [-0.3, -0.25) is 4.79 Å². The van der Waals surface area contributed by atoms with E-state index in [9.17, 15) is 4.79 Å². The van der Waals surface area contributed by atoms with Crippen LogP contribution in [-0.4, -0.2) is 47.1 Å². The molecule has 0 spiro atoms. The van der Waals surface area contributed by atoms with Crippen LogP contribution in [0.15, 0.2) is 18.2 Å². The van der Waals surface area contributed by atoms with E-state index in [0.717, 1.165) is 35.7 Å². The van der Waals surface area contributed by atoms with Crippen molar-refractivity contribution in [3.8, 4) is 11.8 Å². The highest BCUT2D eigenvalue weighted by Gasteiger charge is 2.20. The van der Waals surface area contributed by atoms with E-state index in [-0.39, 0.29) is 12.5 Å². The first-order chi connectivity index (χ1) is 9.72. The van der Waals surface area contributed by atoms with Gasteiger partial charge in [-0.15, -0.1) is 0 Å². The Hall–Kier alpha value is -1.44. The summed E-state index contributed by atoms with van der Waals surface area (Å²) in [4.78, 5) is 14.5. The molecular weight excluding hydrogens is 270 g/mol. The molecule has 0 saturated carbocycles. The third kappa shape index (κ3) is 3.78. The fourth-order valence-corrected chi connectivity index (χ4v) is 3.00. The average Bonchev–Trinajstić information content (AvgIpc) is 2.49. The molecule has 20 heavy (non-hydrogen) atoms. The lowest BCUT2D eigenvalue weighted by Gasteiger charge is -2.27. The van der Waals surface area contributed by atoms with E-state index < -0.39 is 0 Å². The van der Waals surface area contributed by atoms with Crippen molar-refractivity contribution in [2.75, 3.05) is 31.2 Å². The number of carbonyl (C=O) groups is 1. The predicted molar refractivity (Wildman–Crippen MR) is 83.0 cm³/mol. The summed E-state index contributed by atoms with van der Waals surface area (Å²) in [7, 11) is 0. The minimum atomic E-state index is 0.0471. The lowest BCUT2D eigenvalue weighted by Crippen LogP contribution is -2.38. The molecule has 0 aliphatic carbocycles. The number of hydrogen-bond donors (Lipinski definition) is 1. The second-order valence-electron chi connectivity index (χ2n) is 4.73. The Morgan fingerprint density at radius 1 is 1.40 bits per heavy atom.